The molecule has 2 aliphatic rings. The van der Waals surface area contributed by atoms with Gasteiger partial charge in [0.25, 0.3) is 0 Å². The summed E-state index contributed by atoms with van der Waals surface area (Å²) in [5.41, 5.74) is 4.30. The van der Waals surface area contributed by atoms with Gasteiger partial charge in [-0.15, -0.1) is 0 Å². The number of aryl methyl sites for hydroxylation is 1. The van der Waals surface area contributed by atoms with Crippen LogP contribution in [0.15, 0.2) is 62.3 Å². The van der Waals surface area contributed by atoms with Crippen molar-refractivity contribution in [2.75, 3.05) is 31.1 Å². The molecule has 1 aromatic heterocycles. The number of benzene rings is 2. The van der Waals surface area contributed by atoms with Crippen molar-refractivity contribution in [2.45, 2.75) is 11.8 Å². The minimum Gasteiger partial charge on any atom is -0.368 e. The van der Waals surface area contributed by atoms with Gasteiger partial charge in [0.2, 0.25) is 10.0 Å². The van der Waals surface area contributed by atoms with Gasteiger partial charge in [-0.3, -0.25) is 4.98 Å². The zero-order chi connectivity index (χ0) is 20.0. The van der Waals surface area contributed by atoms with Gasteiger partial charge >= 0.3 is 0 Å². The van der Waals surface area contributed by atoms with E-state index in [9.17, 15) is 8.42 Å². The molecule has 2 aliphatic heterocycles. The summed E-state index contributed by atoms with van der Waals surface area (Å²) in [6.45, 7) is 4.15. The Hall–Kier alpha value is -2.62. The molecule has 148 valence electrons. The minimum atomic E-state index is -3.61. The Kier molecular flexibility index (Phi) is 4.45. The molecule has 0 saturated carbocycles. The molecule has 0 atom stereocenters. The highest BCUT2D eigenvalue weighted by atomic mass is 32.2. The summed E-state index contributed by atoms with van der Waals surface area (Å²) in [5, 5.41) is 1.10. The number of rotatable bonds is 3. The molecule has 0 radical (unpaired) electrons. The van der Waals surface area contributed by atoms with Crippen molar-refractivity contribution >= 4 is 49.3 Å². The topological polar surface area (TPSA) is 78.2 Å². The van der Waals surface area contributed by atoms with Crippen molar-refractivity contribution in [1.29, 1.82) is 0 Å². The van der Waals surface area contributed by atoms with Crippen LogP contribution in [-0.4, -0.2) is 43.9 Å². The average molecular weight is 426 g/mol. The molecule has 0 bridgehead atoms. The first-order valence-corrected chi connectivity index (χ1v) is 11.5. The predicted octanol–water partition coefficient (Wildman–Crippen LogP) is 3.78. The van der Waals surface area contributed by atoms with Gasteiger partial charge in [-0.25, -0.2) is 8.42 Å². The Labute approximate surface area is 172 Å². The maximum atomic E-state index is 13.2. The molecule has 1 fully saturated rings. The SMILES string of the molecule is Cc1ccc2nccc(N3CCN(S(=O)(=O)c4cccc5c4N=S=N5)CC3)c2c1. The Morgan fingerprint density at radius 3 is 2.66 bits per heavy atom. The van der Waals surface area contributed by atoms with E-state index in [1.54, 1.807) is 22.5 Å². The lowest BCUT2D eigenvalue weighted by atomic mass is 10.1. The lowest BCUT2D eigenvalue weighted by molar-refractivity contribution is 0.385. The van der Waals surface area contributed by atoms with Crippen LogP contribution in [0.25, 0.3) is 10.9 Å². The van der Waals surface area contributed by atoms with Crippen LogP contribution in [-0.2, 0) is 21.4 Å². The summed E-state index contributed by atoms with van der Waals surface area (Å²) in [4.78, 5) is 6.93. The number of pyridine rings is 1. The van der Waals surface area contributed by atoms with Gasteiger partial charge in [-0.05, 0) is 37.3 Å². The molecule has 1 saturated heterocycles. The fourth-order valence-corrected chi connectivity index (χ4v) is 5.99. The lowest BCUT2D eigenvalue weighted by Crippen LogP contribution is -2.48. The first kappa shape index (κ1) is 18.4. The fourth-order valence-electron chi connectivity index (χ4n) is 3.82. The second-order valence-electron chi connectivity index (χ2n) is 7.13. The third-order valence-electron chi connectivity index (χ3n) is 5.32. The van der Waals surface area contributed by atoms with E-state index in [-0.39, 0.29) is 4.90 Å². The van der Waals surface area contributed by atoms with Crippen molar-refractivity contribution in [2.24, 2.45) is 8.73 Å². The second kappa shape index (κ2) is 7.01. The Bertz CT molecular complexity index is 1290. The van der Waals surface area contributed by atoms with Crippen molar-refractivity contribution in [3.05, 3.63) is 54.2 Å². The van der Waals surface area contributed by atoms with Gasteiger partial charge in [0.05, 0.1) is 16.9 Å². The molecular formula is C20H19N5O2S2. The van der Waals surface area contributed by atoms with Crippen molar-refractivity contribution in [3.63, 3.8) is 0 Å². The molecular weight excluding hydrogens is 406 g/mol. The van der Waals surface area contributed by atoms with Crippen LogP contribution < -0.4 is 4.90 Å². The van der Waals surface area contributed by atoms with E-state index in [2.05, 4.69) is 37.7 Å². The van der Waals surface area contributed by atoms with E-state index >= 15 is 0 Å². The molecule has 0 amide bonds. The predicted molar refractivity (Wildman–Crippen MR) is 115 cm³/mol. The number of aromatic nitrogens is 1. The quantitative estimate of drug-likeness (QED) is 0.500. The Balaban J connectivity index is 1.41. The summed E-state index contributed by atoms with van der Waals surface area (Å²) in [6, 6.07) is 13.3. The average Bonchev–Trinajstić information content (AvgIpc) is 3.22. The van der Waals surface area contributed by atoms with Crippen LogP contribution in [0.2, 0.25) is 0 Å². The first-order valence-electron chi connectivity index (χ1n) is 9.36. The minimum absolute atomic E-state index is 0.238. The standard InChI is InChI=1S/C20H19N5O2S2/c1-14-5-6-16-15(13-14)18(7-8-21-16)24-9-11-25(12-10-24)29(26,27)19-4-2-3-17-20(19)23-28-22-17/h2-8,13H,9-12H2,1H3. The van der Waals surface area contributed by atoms with E-state index < -0.39 is 10.0 Å². The number of fused-ring (bicyclic) bond motifs is 2. The number of piperazine rings is 1. The Morgan fingerprint density at radius 1 is 1.00 bits per heavy atom. The smallest absolute Gasteiger partial charge is 0.245 e. The summed E-state index contributed by atoms with van der Waals surface area (Å²) in [7, 11) is -3.61. The molecule has 29 heavy (non-hydrogen) atoms. The van der Waals surface area contributed by atoms with E-state index in [0.717, 1.165) is 27.9 Å². The summed E-state index contributed by atoms with van der Waals surface area (Å²) < 4.78 is 36.4. The summed E-state index contributed by atoms with van der Waals surface area (Å²) in [6.07, 6.45) is 1.81. The van der Waals surface area contributed by atoms with Crippen LogP contribution in [0.5, 0.6) is 0 Å². The molecule has 5 rings (SSSR count). The largest absolute Gasteiger partial charge is 0.368 e. The fraction of sp³-hybridized carbons (Fsp3) is 0.250. The maximum absolute atomic E-state index is 13.2. The molecule has 0 aliphatic carbocycles. The van der Waals surface area contributed by atoms with Crippen molar-refractivity contribution < 1.29 is 8.42 Å². The highest BCUT2D eigenvalue weighted by Crippen LogP contribution is 2.39. The third kappa shape index (κ3) is 3.15. The van der Waals surface area contributed by atoms with Crippen molar-refractivity contribution in [3.8, 4) is 0 Å². The molecule has 3 heterocycles. The molecule has 7 nitrogen and oxygen atoms in total. The van der Waals surface area contributed by atoms with Crippen LogP contribution >= 0.6 is 0 Å². The zero-order valence-electron chi connectivity index (χ0n) is 15.8. The number of hydrogen-bond acceptors (Lipinski definition) is 6. The van der Waals surface area contributed by atoms with Gasteiger partial charge in [-0.2, -0.15) is 13.0 Å². The number of sulfonamides is 1. The highest BCUT2D eigenvalue weighted by Gasteiger charge is 2.32. The summed E-state index contributed by atoms with van der Waals surface area (Å²) >= 11 is 1.03. The van der Waals surface area contributed by atoms with E-state index in [4.69, 9.17) is 0 Å². The van der Waals surface area contributed by atoms with E-state index in [0.29, 0.717) is 37.6 Å². The summed E-state index contributed by atoms with van der Waals surface area (Å²) in [5.74, 6) is 0. The second-order valence-corrected chi connectivity index (χ2v) is 9.56. The Morgan fingerprint density at radius 2 is 1.83 bits per heavy atom. The molecule has 0 N–H and O–H groups in total. The third-order valence-corrected chi connectivity index (χ3v) is 7.79. The van der Waals surface area contributed by atoms with E-state index in [1.807, 2.05) is 18.3 Å². The highest BCUT2D eigenvalue weighted by molar-refractivity contribution is 7.89. The molecule has 3 aromatic rings. The van der Waals surface area contributed by atoms with Gasteiger partial charge in [0.1, 0.15) is 16.3 Å². The van der Waals surface area contributed by atoms with Gasteiger partial charge < -0.3 is 4.90 Å². The number of anilines is 1. The normalized spacial score (nSPS) is 16.8. The number of nitrogens with zero attached hydrogens (tertiary/aromatic N) is 5. The lowest BCUT2D eigenvalue weighted by Gasteiger charge is -2.36. The van der Waals surface area contributed by atoms with E-state index in [1.165, 1.54) is 5.56 Å². The molecule has 2 aromatic carbocycles. The van der Waals surface area contributed by atoms with Crippen LogP contribution in [0, 0.1) is 6.92 Å². The molecule has 0 unspecified atom stereocenters. The monoisotopic (exact) mass is 425 g/mol. The molecule has 0 spiro atoms. The maximum Gasteiger partial charge on any atom is 0.245 e. The van der Waals surface area contributed by atoms with Crippen LogP contribution in [0.4, 0.5) is 17.1 Å². The van der Waals surface area contributed by atoms with Gasteiger partial charge in [-0.1, -0.05) is 17.7 Å². The van der Waals surface area contributed by atoms with Crippen LogP contribution in [0.3, 0.4) is 0 Å². The molecule has 9 heteroatoms. The van der Waals surface area contributed by atoms with Crippen LogP contribution in [0.1, 0.15) is 5.56 Å². The van der Waals surface area contributed by atoms with Gasteiger partial charge in [0.15, 0.2) is 0 Å². The number of hydrogen-bond donors (Lipinski definition) is 0. The van der Waals surface area contributed by atoms with Gasteiger partial charge in [0, 0.05) is 43.4 Å². The zero-order valence-corrected chi connectivity index (χ0v) is 17.4. The van der Waals surface area contributed by atoms with Crippen molar-refractivity contribution in [1.82, 2.24) is 9.29 Å². The first-order chi connectivity index (χ1) is 14.0.